The van der Waals surface area contributed by atoms with Crippen LogP contribution in [0.15, 0.2) is 28.7 Å². The molecule has 0 aromatic heterocycles. The highest BCUT2D eigenvalue weighted by Crippen LogP contribution is 2.24. The molecule has 1 unspecified atom stereocenters. The van der Waals surface area contributed by atoms with Crippen molar-refractivity contribution in [2.75, 3.05) is 31.1 Å². The smallest absolute Gasteiger partial charge is 0.0344 e. The van der Waals surface area contributed by atoms with E-state index in [4.69, 9.17) is 5.73 Å². The van der Waals surface area contributed by atoms with Gasteiger partial charge in [-0.3, -0.25) is 4.90 Å². The normalized spacial score (nSPS) is 20.8. The fourth-order valence-electron chi connectivity index (χ4n) is 2.64. The van der Waals surface area contributed by atoms with Gasteiger partial charge < -0.3 is 5.73 Å². The molecule has 19 heavy (non-hydrogen) atoms. The lowest BCUT2D eigenvalue weighted by Gasteiger charge is -2.40. The number of nitrogens with two attached hydrogens (primary N) is 1. The minimum atomic E-state index is 0.0821. The van der Waals surface area contributed by atoms with Gasteiger partial charge in [0.2, 0.25) is 0 Å². The first-order valence-corrected chi connectivity index (χ1v) is 8.86. The van der Waals surface area contributed by atoms with Crippen LogP contribution in [0.3, 0.4) is 0 Å². The third-order valence-corrected chi connectivity index (χ3v) is 5.50. The molecular weight excluding hydrogens is 320 g/mol. The standard InChI is InChI=1S/C15H23BrN2S/c1-15(12-17,18-7-2-9-19-10-8-18)11-13-3-5-14(16)6-4-13/h3-6H,2,7-12,17H2,1H3. The number of hydrogen-bond donors (Lipinski definition) is 1. The van der Waals surface area contributed by atoms with Crippen LogP contribution < -0.4 is 5.73 Å². The zero-order chi connectivity index (χ0) is 13.7. The molecule has 1 aromatic rings. The van der Waals surface area contributed by atoms with Crippen LogP contribution in [0.2, 0.25) is 0 Å². The van der Waals surface area contributed by atoms with Crippen LogP contribution in [-0.2, 0) is 6.42 Å². The van der Waals surface area contributed by atoms with Crippen molar-refractivity contribution < 1.29 is 0 Å². The van der Waals surface area contributed by atoms with Gasteiger partial charge in [-0.2, -0.15) is 11.8 Å². The zero-order valence-electron chi connectivity index (χ0n) is 11.6. The second-order valence-electron chi connectivity index (χ2n) is 5.46. The Kier molecular flexibility index (Phi) is 5.75. The summed E-state index contributed by atoms with van der Waals surface area (Å²) in [5.74, 6) is 2.52. The molecular formula is C15H23BrN2S. The summed E-state index contributed by atoms with van der Waals surface area (Å²) in [6, 6.07) is 8.63. The summed E-state index contributed by atoms with van der Waals surface area (Å²) in [6.07, 6.45) is 2.31. The molecule has 1 aliphatic rings. The van der Waals surface area contributed by atoms with E-state index >= 15 is 0 Å². The third-order valence-electron chi connectivity index (χ3n) is 3.92. The molecule has 0 aliphatic carbocycles. The van der Waals surface area contributed by atoms with Crippen molar-refractivity contribution in [2.45, 2.75) is 25.3 Å². The van der Waals surface area contributed by atoms with Crippen LogP contribution >= 0.6 is 27.7 Å². The van der Waals surface area contributed by atoms with E-state index in [0.717, 1.165) is 17.4 Å². The molecule has 4 heteroatoms. The fourth-order valence-corrected chi connectivity index (χ4v) is 3.79. The molecule has 0 amide bonds. The Morgan fingerprint density at radius 2 is 2.00 bits per heavy atom. The average molecular weight is 343 g/mol. The van der Waals surface area contributed by atoms with Crippen LogP contribution in [0.25, 0.3) is 0 Å². The Balaban J connectivity index is 2.09. The minimum Gasteiger partial charge on any atom is -0.329 e. The molecule has 0 bridgehead atoms. The number of hydrogen-bond acceptors (Lipinski definition) is 3. The van der Waals surface area contributed by atoms with E-state index in [9.17, 15) is 0 Å². The summed E-state index contributed by atoms with van der Waals surface area (Å²) in [7, 11) is 0. The molecule has 1 heterocycles. The SMILES string of the molecule is CC(CN)(Cc1ccc(Br)cc1)N1CCCSCC1. The number of nitrogens with zero attached hydrogens (tertiary/aromatic N) is 1. The van der Waals surface area contributed by atoms with Crippen molar-refractivity contribution in [2.24, 2.45) is 5.73 Å². The predicted octanol–water partition coefficient (Wildman–Crippen LogP) is 3.15. The summed E-state index contributed by atoms with van der Waals surface area (Å²) in [5.41, 5.74) is 7.56. The van der Waals surface area contributed by atoms with Gasteiger partial charge in [0.25, 0.3) is 0 Å². The molecule has 0 saturated carbocycles. The van der Waals surface area contributed by atoms with Crippen LogP contribution in [0.4, 0.5) is 0 Å². The number of halogens is 1. The predicted molar refractivity (Wildman–Crippen MR) is 88.8 cm³/mol. The maximum absolute atomic E-state index is 6.11. The van der Waals surface area contributed by atoms with Gasteiger partial charge in [0, 0.05) is 28.9 Å². The number of rotatable bonds is 4. The number of benzene rings is 1. The molecule has 1 aromatic carbocycles. The van der Waals surface area contributed by atoms with Crippen LogP contribution in [-0.4, -0.2) is 41.6 Å². The maximum atomic E-state index is 6.11. The fraction of sp³-hybridized carbons (Fsp3) is 0.600. The summed E-state index contributed by atoms with van der Waals surface area (Å²) in [4.78, 5) is 2.59. The molecule has 0 radical (unpaired) electrons. The molecule has 2 nitrogen and oxygen atoms in total. The summed E-state index contributed by atoms with van der Waals surface area (Å²) in [6.45, 7) is 5.37. The maximum Gasteiger partial charge on any atom is 0.0344 e. The molecule has 1 atom stereocenters. The highest BCUT2D eigenvalue weighted by molar-refractivity contribution is 9.10. The first kappa shape index (κ1) is 15.4. The van der Waals surface area contributed by atoms with Crippen LogP contribution in [0, 0.1) is 0 Å². The molecule has 1 aliphatic heterocycles. The van der Waals surface area contributed by atoms with Crippen LogP contribution in [0.1, 0.15) is 18.9 Å². The van der Waals surface area contributed by atoms with E-state index in [1.807, 2.05) is 0 Å². The van der Waals surface area contributed by atoms with E-state index in [1.54, 1.807) is 0 Å². The van der Waals surface area contributed by atoms with E-state index < -0.39 is 0 Å². The second kappa shape index (κ2) is 7.11. The Morgan fingerprint density at radius 3 is 2.68 bits per heavy atom. The van der Waals surface area contributed by atoms with Gasteiger partial charge in [-0.05, 0) is 49.8 Å². The van der Waals surface area contributed by atoms with E-state index in [-0.39, 0.29) is 5.54 Å². The van der Waals surface area contributed by atoms with Gasteiger partial charge in [-0.25, -0.2) is 0 Å². The Bertz CT molecular complexity index is 388. The molecule has 0 spiro atoms. The lowest BCUT2D eigenvalue weighted by Crippen LogP contribution is -2.54. The average Bonchev–Trinajstić information content (AvgIpc) is 2.71. The Labute approximate surface area is 129 Å². The topological polar surface area (TPSA) is 29.3 Å². The van der Waals surface area contributed by atoms with Crippen LogP contribution in [0.5, 0.6) is 0 Å². The van der Waals surface area contributed by atoms with Crippen molar-refractivity contribution in [3.8, 4) is 0 Å². The highest BCUT2D eigenvalue weighted by Gasteiger charge is 2.30. The zero-order valence-corrected chi connectivity index (χ0v) is 14.0. The molecule has 1 saturated heterocycles. The summed E-state index contributed by atoms with van der Waals surface area (Å²) >= 11 is 5.56. The summed E-state index contributed by atoms with van der Waals surface area (Å²) in [5, 5.41) is 0. The molecule has 106 valence electrons. The van der Waals surface area contributed by atoms with Gasteiger partial charge in [0.1, 0.15) is 0 Å². The minimum absolute atomic E-state index is 0.0821. The van der Waals surface area contributed by atoms with E-state index in [1.165, 1.54) is 30.0 Å². The quantitative estimate of drug-likeness (QED) is 0.911. The van der Waals surface area contributed by atoms with E-state index in [0.29, 0.717) is 6.54 Å². The Morgan fingerprint density at radius 1 is 1.26 bits per heavy atom. The first-order valence-electron chi connectivity index (χ1n) is 6.91. The van der Waals surface area contributed by atoms with Gasteiger partial charge in [0.05, 0.1) is 0 Å². The van der Waals surface area contributed by atoms with Gasteiger partial charge in [-0.1, -0.05) is 28.1 Å². The lowest BCUT2D eigenvalue weighted by atomic mass is 9.90. The van der Waals surface area contributed by atoms with E-state index in [2.05, 4.69) is 63.8 Å². The molecule has 2 rings (SSSR count). The molecule has 1 fully saturated rings. The van der Waals surface area contributed by atoms with Gasteiger partial charge >= 0.3 is 0 Å². The van der Waals surface area contributed by atoms with Crippen molar-refractivity contribution in [3.05, 3.63) is 34.3 Å². The summed E-state index contributed by atoms with van der Waals surface area (Å²) < 4.78 is 1.14. The van der Waals surface area contributed by atoms with Crippen molar-refractivity contribution in [1.82, 2.24) is 4.90 Å². The first-order chi connectivity index (χ1) is 9.14. The third kappa shape index (κ3) is 4.22. The Hall–Kier alpha value is -0.0300. The second-order valence-corrected chi connectivity index (χ2v) is 7.60. The number of thioether (sulfide) groups is 1. The monoisotopic (exact) mass is 342 g/mol. The molecule has 2 N–H and O–H groups in total. The van der Waals surface area contributed by atoms with Gasteiger partial charge in [-0.15, -0.1) is 0 Å². The van der Waals surface area contributed by atoms with Crippen molar-refractivity contribution >= 4 is 27.7 Å². The largest absolute Gasteiger partial charge is 0.329 e. The highest BCUT2D eigenvalue weighted by atomic mass is 79.9. The van der Waals surface area contributed by atoms with Gasteiger partial charge in [0.15, 0.2) is 0 Å². The van der Waals surface area contributed by atoms with Crippen molar-refractivity contribution in [3.63, 3.8) is 0 Å². The van der Waals surface area contributed by atoms with Crippen molar-refractivity contribution in [1.29, 1.82) is 0 Å². The lowest BCUT2D eigenvalue weighted by molar-refractivity contribution is 0.120.